The zero-order chi connectivity index (χ0) is 20.7. The molecular formula is C19H16Cl2N6O2. The maximum absolute atomic E-state index is 12.7. The molecule has 4 aromatic rings. The Balaban J connectivity index is 2.07. The van der Waals surface area contributed by atoms with Crippen molar-refractivity contribution in [1.29, 1.82) is 0 Å². The summed E-state index contributed by atoms with van der Waals surface area (Å²) in [6.07, 6.45) is 3.09. The number of halogens is 2. The van der Waals surface area contributed by atoms with Crippen molar-refractivity contribution in [3.8, 4) is 11.4 Å². The van der Waals surface area contributed by atoms with Gasteiger partial charge in [-0.2, -0.15) is 0 Å². The molecule has 1 N–H and O–H groups in total. The lowest BCUT2D eigenvalue weighted by molar-refractivity contribution is 0.580. The smallest absolute Gasteiger partial charge is 0.312 e. The van der Waals surface area contributed by atoms with Gasteiger partial charge in [-0.25, -0.2) is 14.8 Å². The van der Waals surface area contributed by atoms with Crippen LogP contribution < -0.4 is 11.2 Å². The second-order valence-corrected chi connectivity index (χ2v) is 7.52. The van der Waals surface area contributed by atoms with Crippen LogP contribution in [0.25, 0.3) is 22.6 Å². The number of nitrogens with one attached hydrogen (secondary N) is 1. The van der Waals surface area contributed by atoms with Crippen molar-refractivity contribution in [2.45, 2.75) is 26.4 Å². The fourth-order valence-electron chi connectivity index (χ4n) is 3.20. The van der Waals surface area contributed by atoms with Gasteiger partial charge in [0.05, 0.1) is 22.8 Å². The third-order valence-corrected chi connectivity index (χ3v) is 4.98. The van der Waals surface area contributed by atoms with Crippen LogP contribution in [0.4, 0.5) is 0 Å². The first kappa shape index (κ1) is 19.4. The Labute approximate surface area is 174 Å². The number of rotatable bonds is 4. The van der Waals surface area contributed by atoms with Crippen LogP contribution in [0.3, 0.4) is 0 Å². The predicted octanol–water partition coefficient (Wildman–Crippen LogP) is 3.28. The van der Waals surface area contributed by atoms with Crippen molar-refractivity contribution in [2.75, 3.05) is 0 Å². The number of hydrogen-bond acceptors (Lipinski definition) is 5. The van der Waals surface area contributed by atoms with Gasteiger partial charge in [0.2, 0.25) is 0 Å². The van der Waals surface area contributed by atoms with Crippen molar-refractivity contribution < 1.29 is 0 Å². The predicted molar refractivity (Wildman–Crippen MR) is 112 cm³/mol. The van der Waals surface area contributed by atoms with E-state index in [-0.39, 0.29) is 28.9 Å². The Morgan fingerprint density at radius 2 is 1.93 bits per heavy atom. The highest BCUT2D eigenvalue weighted by molar-refractivity contribution is 6.32. The Morgan fingerprint density at radius 1 is 1.14 bits per heavy atom. The molecule has 148 valence electrons. The molecule has 29 heavy (non-hydrogen) atoms. The number of aromatic amines is 1. The van der Waals surface area contributed by atoms with E-state index < -0.39 is 11.2 Å². The van der Waals surface area contributed by atoms with Crippen LogP contribution in [0.5, 0.6) is 0 Å². The molecule has 0 aliphatic heterocycles. The number of fused-ring (bicyclic) bond motifs is 1. The van der Waals surface area contributed by atoms with Gasteiger partial charge < -0.3 is 4.57 Å². The third-order valence-electron chi connectivity index (χ3n) is 4.46. The van der Waals surface area contributed by atoms with Gasteiger partial charge in [-0.3, -0.25) is 19.3 Å². The first-order valence-corrected chi connectivity index (χ1v) is 9.58. The molecule has 0 saturated heterocycles. The molecule has 0 unspecified atom stereocenters. The quantitative estimate of drug-likeness (QED) is 0.500. The Morgan fingerprint density at radius 3 is 2.59 bits per heavy atom. The van der Waals surface area contributed by atoms with Gasteiger partial charge in [0.25, 0.3) is 5.56 Å². The molecule has 0 amide bonds. The van der Waals surface area contributed by atoms with Crippen LogP contribution in [0.1, 0.15) is 25.6 Å². The fourth-order valence-corrected chi connectivity index (χ4v) is 3.51. The highest BCUT2D eigenvalue weighted by atomic mass is 35.5. The standard InChI is InChI=1S/C19H16Cl2N6O2/c1-10(2)27-17-14(18(28)25-19(27)29)26(9-12-6-5-11(20)8-23-12)16(24-17)13-4-3-7-22-15(13)21/h3-8,10H,9H2,1-2H3,(H,25,28,29). The molecule has 0 aromatic carbocycles. The van der Waals surface area contributed by atoms with E-state index in [1.165, 1.54) is 10.8 Å². The molecular weight excluding hydrogens is 415 g/mol. The average molecular weight is 431 g/mol. The molecule has 0 aliphatic carbocycles. The average Bonchev–Trinajstić information content (AvgIpc) is 3.02. The zero-order valence-corrected chi connectivity index (χ0v) is 17.1. The van der Waals surface area contributed by atoms with Gasteiger partial charge in [0.1, 0.15) is 11.0 Å². The number of nitrogens with zero attached hydrogens (tertiary/aromatic N) is 5. The monoisotopic (exact) mass is 430 g/mol. The van der Waals surface area contributed by atoms with Crippen LogP contribution in [0, 0.1) is 0 Å². The maximum Gasteiger partial charge on any atom is 0.330 e. The second kappa shape index (κ2) is 7.46. The minimum atomic E-state index is -0.533. The number of aromatic nitrogens is 6. The summed E-state index contributed by atoms with van der Waals surface area (Å²) in [4.78, 5) is 40.6. The van der Waals surface area contributed by atoms with Crippen LogP contribution in [-0.4, -0.2) is 29.1 Å². The van der Waals surface area contributed by atoms with E-state index in [9.17, 15) is 9.59 Å². The lowest BCUT2D eigenvalue weighted by atomic mass is 10.2. The summed E-state index contributed by atoms with van der Waals surface area (Å²) in [5.41, 5.74) is 0.686. The number of hydrogen-bond donors (Lipinski definition) is 1. The van der Waals surface area contributed by atoms with Crippen LogP contribution in [-0.2, 0) is 6.54 Å². The normalized spacial score (nSPS) is 11.5. The fraction of sp³-hybridized carbons (Fsp3) is 0.211. The van der Waals surface area contributed by atoms with E-state index in [0.717, 1.165) is 0 Å². The van der Waals surface area contributed by atoms with Gasteiger partial charge in [0, 0.05) is 18.4 Å². The summed E-state index contributed by atoms with van der Waals surface area (Å²) in [7, 11) is 0. The van der Waals surface area contributed by atoms with E-state index in [2.05, 4.69) is 19.9 Å². The van der Waals surface area contributed by atoms with E-state index in [0.29, 0.717) is 22.1 Å². The number of pyridine rings is 2. The molecule has 4 aromatic heterocycles. The molecule has 0 radical (unpaired) electrons. The lowest BCUT2D eigenvalue weighted by Crippen LogP contribution is -2.32. The van der Waals surface area contributed by atoms with Gasteiger partial charge in [-0.15, -0.1) is 0 Å². The summed E-state index contributed by atoms with van der Waals surface area (Å²) in [6.45, 7) is 3.92. The molecule has 0 saturated carbocycles. The SMILES string of the molecule is CC(C)n1c(=O)[nH]c(=O)c2c1nc(-c1cccnc1Cl)n2Cc1ccc(Cl)cn1. The molecule has 0 bridgehead atoms. The van der Waals surface area contributed by atoms with Crippen LogP contribution in [0.2, 0.25) is 10.2 Å². The first-order chi connectivity index (χ1) is 13.9. The minimum absolute atomic E-state index is 0.212. The molecule has 0 spiro atoms. The van der Waals surface area contributed by atoms with Gasteiger partial charge in [0.15, 0.2) is 11.2 Å². The molecule has 0 aliphatic rings. The summed E-state index contributed by atoms with van der Waals surface area (Å²) in [5.74, 6) is 0.417. The topological polar surface area (TPSA) is 98.5 Å². The van der Waals surface area contributed by atoms with Crippen molar-refractivity contribution >= 4 is 34.4 Å². The van der Waals surface area contributed by atoms with Crippen molar-refractivity contribution in [3.63, 3.8) is 0 Å². The molecule has 10 heteroatoms. The largest absolute Gasteiger partial charge is 0.330 e. The van der Waals surface area contributed by atoms with Gasteiger partial charge in [-0.05, 0) is 38.1 Å². The zero-order valence-electron chi connectivity index (χ0n) is 15.6. The second-order valence-electron chi connectivity index (χ2n) is 6.73. The van der Waals surface area contributed by atoms with E-state index >= 15 is 0 Å². The molecule has 4 heterocycles. The Kier molecular flexibility index (Phi) is 4.97. The number of imidazole rings is 1. The maximum atomic E-state index is 12.7. The Bertz CT molecular complexity index is 1320. The van der Waals surface area contributed by atoms with E-state index in [1.807, 2.05) is 13.8 Å². The molecule has 0 fully saturated rings. The molecule has 4 rings (SSSR count). The lowest BCUT2D eigenvalue weighted by Gasteiger charge is -2.11. The summed E-state index contributed by atoms with van der Waals surface area (Å²) >= 11 is 12.2. The highest BCUT2D eigenvalue weighted by Gasteiger charge is 2.22. The molecule has 0 atom stereocenters. The van der Waals surface area contributed by atoms with Crippen LogP contribution >= 0.6 is 23.2 Å². The van der Waals surface area contributed by atoms with E-state index in [1.54, 1.807) is 35.0 Å². The third kappa shape index (κ3) is 3.45. The minimum Gasteiger partial charge on any atom is -0.312 e. The van der Waals surface area contributed by atoms with Crippen molar-refractivity contribution in [2.24, 2.45) is 0 Å². The Hall–Kier alpha value is -2.97. The summed E-state index contributed by atoms with van der Waals surface area (Å²) in [6, 6.07) is 6.75. The molecule has 8 nitrogen and oxygen atoms in total. The van der Waals surface area contributed by atoms with E-state index in [4.69, 9.17) is 23.2 Å². The van der Waals surface area contributed by atoms with Gasteiger partial charge >= 0.3 is 5.69 Å². The highest BCUT2D eigenvalue weighted by Crippen LogP contribution is 2.28. The first-order valence-electron chi connectivity index (χ1n) is 8.83. The summed E-state index contributed by atoms with van der Waals surface area (Å²) in [5, 5.41) is 0.745. The number of H-pyrrole nitrogens is 1. The van der Waals surface area contributed by atoms with Crippen molar-refractivity contribution in [1.82, 2.24) is 29.1 Å². The summed E-state index contributed by atoms with van der Waals surface area (Å²) < 4.78 is 3.13. The van der Waals surface area contributed by atoms with Crippen LogP contribution in [0.15, 0.2) is 46.2 Å². The van der Waals surface area contributed by atoms with Gasteiger partial charge in [-0.1, -0.05) is 23.2 Å². The van der Waals surface area contributed by atoms with Crippen molar-refractivity contribution in [3.05, 3.63) is 73.4 Å².